The molecule has 0 saturated heterocycles. The largest absolute Gasteiger partial charge is 0.338 e. The van der Waals surface area contributed by atoms with Crippen molar-refractivity contribution in [2.45, 2.75) is 19.9 Å². The Morgan fingerprint density at radius 3 is 2.63 bits per heavy atom. The van der Waals surface area contributed by atoms with E-state index in [1.54, 1.807) is 11.8 Å². The van der Waals surface area contributed by atoms with E-state index in [0.717, 1.165) is 11.4 Å². The molecule has 0 aliphatic rings. The number of Topliss-reactive ketones (excluding diaryl/α,β-unsaturated/α-hetero) is 1. The van der Waals surface area contributed by atoms with Gasteiger partial charge in [-0.05, 0) is 30.4 Å². The number of hydrogen-bond donors (Lipinski definition) is 0. The molecule has 2 nitrogen and oxygen atoms in total. The van der Waals surface area contributed by atoms with Crippen molar-refractivity contribution in [2.24, 2.45) is 0 Å². The summed E-state index contributed by atoms with van der Waals surface area (Å²) in [7, 11) is 0. The third-order valence-corrected chi connectivity index (χ3v) is 4.08. The van der Waals surface area contributed by atoms with Crippen LogP contribution in [0.4, 0.5) is 0 Å². The van der Waals surface area contributed by atoms with Crippen LogP contribution >= 0.6 is 11.8 Å². The maximum Gasteiger partial charge on any atom is 0.189 e. The zero-order valence-electron chi connectivity index (χ0n) is 11.4. The second-order valence-electron chi connectivity index (χ2n) is 4.45. The predicted molar refractivity (Wildman–Crippen MR) is 82.0 cm³/mol. The van der Waals surface area contributed by atoms with Gasteiger partial charge in [0.2, 0.25) is 0 Å². The summed E-state index contributed by atoms with van der Waals surface area (Å²) in [5.74, 6) is 1.74. The molecule has 0 bridgehead atoms. The first-order chi connectivity index (χ1) is 9.24. The van der Waals surface area contributed by atoms with Gasteiger partial charge >= 0.3 is 0 Å². The van der Waals surface area contributed by atoms with Gasteiger partial charge in [0.05, 0.1) is 17.5 Å². The number of ketones is 1. The number of rotatable bonds is 6. The van der Waals surface area contributed by atoms with Crippen molar-refractivity contribution in [1.29, 1.82) is 0 Å². The number of carbonyl (C=O) groups is 1. The van der Waals surface area contributed by atoms with Gasteiger partial charge in [-0.1, -0.05) is 37.3 Å². The summed E-state index contributed by atoms with van der Waals surface area (Å²) < 4.78 is 2.06. The van der Waals surface area contributed by atoms with Crippen LogP contribution in [0.5, 0.6) is 0 Å². The lowest BCUT2D eigenvalue weighted by Gasteiger charge is -2.17. The second-order valence-corrected chi connectivity index (χ2v) is 5.72. The van der Waals surface area contributed by atoms with Gasteiger partial charge in [0, 0.05) is 6.20 Å². The SMILES string of the molecule is CCSCC(=O)c1cccn1[C@H](C)c1ccccc1. The Hall–Kier alpha value is -1.48. The molecule has 0 unspecified atom stereocenters. The Kier molecular flexibility index (Phi) is 4.86. The van der Waals surface area contributed by atoms with E-state index in [0.29, 0.717) is 5.75 Å². The number of aromatic nitrogens is 1. The summed E-state index contributed by atoms with van der Waals surface area (Å²) in [6, 6.07) is 14.3. The van der Waals surface area contributed by atoms with E-state index in [1.807, 2.05) is 36.5 Å². The Labute approximate surface area is 118 Å². The van der Waals surface area contributed by atoms with E-state index in [9.17, 15) is 4.79 Å². The topological polar surface area (TPSA) is 22.0 Å². The summed E-state index contributed by atoms with van der Waals surface area (Å²) in [6.45, 7) is 4.20. The summed E-state index contributed by atoms with van der Waals surface area (Å²) >= 11 is 1.67. The van der Waals surface area contributed by atoms with Gasteiger partial charge in [-0.2, -0.15) is 11.8 Å². The molecule has 2 aromatic rings. The minimum atomic E-state index is 0.182. The highest BCUT2D eigenvalue weighted by atomic mass is 32.2. The van der Waals surface area contributed by atoms with E-state index in [2.05, 4.69) is 30.5 Å². The molecule has 0 saturated carbocycles. The molecule has 0 spiro atoms. The first-order valence-corrected chi connectivity index (χ1v) is 7.72. The van der Waals surface area contributed by atoms with Gasteiger partial charge < -0.3 is 4.57 Å². The van der Waals surface area contributed by atoms with Gasteiger partial charge in [0.25, 0.3) is 0 Å². The highest BCUT2D eigenvalue weighted by Crippen LogP contribution is 2.21. The molecule has 0 radical (unpaired) electrons. The molecule has 100 valence electrons. The van der Waals surface area contributed by atoms with Crippen LogP contribution in [0.1, 0.15) is 35.9 Å². The molecule has 1 atom stereocenters. The molecule has 0 aliphatic carbocycles. The Bertz CT molecular complexity index is 533. The molecule has 1 aromatic heterocycles. The number of nitrogens with zero attached hydrogens (tertiary/aromatic N) is 1. The molecule has 0 N–H and O–H groups in total. The van der Waals surface area contributed by atoms with Crippen molar-refractivity contribution in [3.05, 3.63) is 59.9 Å². The van der Waals surface area contributed by atoms with E-state index in [4.69, 9.17) is 0 Å². The van der Waals surface area contributed by atoms with Crippen molar-refractivity contribution in [3.63, 3.8) is 0 Å². The normalized spacial score (nSPS) is 12.3. The minimum Gasteiger partial charge on any atom is -0.338 e. The van der Waals surface area contributed by atoms with Crippen LogP contribution < -0.4 is 0 Å². The Morgan fingerprint density at radius 1 is 1.21 bits per heavy atom. The fraction of sp³-hybridized carbons (Fsp3) is 0.312. The monoisotopic (exact) mass is 273 g/mol. The highest BCUT2D eigenvalue weighted by Gasteiger charge is 2.15. The average molecular weight is 273 g/mol. The lowest BCUT2D eigenvalue weighted by Crippen LogP contribution is -2.14. The second kappa shape index (κ2) is 6.62. The Balaban J connectivity index is 2.22. The lowest BCUT2D eigenvalue weighted by atomic mass is 10.1. The van der Waals surface area contributed by atoms with Crippen LogP contribution in [-0.2, 0) is 0 Å². The van der Waals surface area contributed by atoms with Gasteiger partial charge in [0.1, 0.15) is 0 Å². The maximum absolute atomic E-state index is 12.2. The summed E-state index contributed by atoms with van der Waals surface area (Å²) in [4.78, 5) is 12.2. The fourth-order valence-electron chi connectivity index (χ4n) is 2.13. The number of benzene rings is 1. The van der Waals surface area contributed by atoms with Crippen LogP contribution in [0.15, 0.2) is 48.7 Å². The van der Waals surface area contributed by atoms with Gasteiger partial charge in [-0.25, -0.2) is 0 Å². The van der Waals surface area contributed by atoms with Crippen molar-refractivity contribution in [1.82, 2.24) is 4.57 Å². The molecule has 0 fully saturated rings. The van der Waals surface area contributed by atoms with Gasteiger partial charge in [0.15, 0.2) is 5.78 Å². The molecule has 0 amide bonds. The maximum atomic E-state index is 12.2. The zero-order chi connectivity index (χ0) is 13.7. The molecule has 0 aliphatic heterocycles. The molecule has 1 heterocycles. The van der Waals surface area contributed by atoms with Crippen LogP contribution in [0, 0.1) is 0 Å². The van der Waals surface area contributed by atoms with Crippen LogP contribution in [0.2, 0.25) is 0 Å². The lowest BCUT2D eigenvalue weighted by molar-refractivity contribution is 0.101. The van der Waals surface area contributed by atoms with Gasteiger partial charge in [-0.15, -0.1) is 0 Å². The number of hydrogen-bond acceptors (Lipinski definition) is 2. The third kappa shape index (κ3) is 3.29. The minimum absolute atomic E-state index is 0.182. The van der Waals surface area contributed by atoms with Crippen molar-refractivity contribution in [3.8, 4) is 0 Å². The van der Waals surface area contributed by atoms with E-state index in [1.165, 1.54) is 5.56 Å². The van der Waals surface area contributed by atoms with Crippen LogP contribution in [0.25, 0.3) is 0 Å². The highest BCUT2D eigenvalue weighted by molar-refractivity contribution is 7.99. The molecule has 3 heteroatoms. The molecular formula is C16H19NOS. The zero-order valence-corrected chi connectivity index (χ0v) is 12.2. The molecule has 1 aromatic carbocycles. The van der Waals surface area contributed by atoms with Crippen LogP contribution in [0.3, 0.4) is 0 Å². The molecular weight excluding hydrogens is 254 g/mol. The van der Waals surface area contributed by atoms with Gasteiger partial charge in [-0.3, -0.25) is 4.79 Å². The summed E-state index contributed by atoms with van der Waals surface area (Å²) in [6.07, 6.45) is 1.99. The van der Waals surface area contributed by atoms with Crippen molar-refractivity contribution in [2.75, 3.05) is 11.5 Å². The number of carbonyl (C=O) groups excluding carboxylic acids is 1. The van der Waals surface area contributed by atoms with Crippen LogP contribution in [-0.4, -0.2) is 21.9 Å². The molecule has 19 heavy (non-hydrogen) atoms. The fourth-order valence-corrected chi connectivity index (χ4v) is 2.67. The molecule has 2 rings (SSSR count). The summed E-state index contributed by atoms with van der Waals surface area (Å²) in [5.41, 5.74) is 2.02. The van der Waals surface area contributed by atoms with E-state index < -0.39 is 0 Å². The third-order valence-electron chi connectivity index (χ3n) is 3.20. The quantitative estimate of drug-likeness (QED) is 0.741. The first-order valence-electron chi connectivity index (χ1n) is 6.56. The predicted octanol–water partition coefficient (Wildman–Crippen LogP) is 4.03. The first kappa shape index (κ1) is 13.9. The van der Waals surface area contributed by atoms with Crippen molar-refractivity contribution >= 4 is 17.5 Å². The van der Waals surface area contributed by atoms with E-state index in [-0.39, 0.29) is 11.8 Å². The standard InChI is InChI=1S/C16H19NOS/c1-3-19-12-16(18)15-10-7-11-17(15)13(2)14-8-5-4-6-9-14/h4-11,13H,3,12H2,1-2H3/t13-/m1/s1. The van der Waals surface area contributed by atoms with Crippen molar-refractivity contribution < 1.29 is 4.79 Å². The summed E-state index contributed by atoms with van der Waals surface area (Å²) in [5, 5.41) is 0. The Morgan fingerprint density at radius 2 is 1.95 bits per heavy atom. The number of thioether (sulfide) groups is 1. The average Bonchev–Trinajstić information content (AvgIpc) is 2.94. The van der Waals surface area contributed by atoms with E-state index >= 15 is 0 Å². The smallest absolute Gasteiger partial charge is 0.189 e.